The lowest BCUT2D eigenvalue weighted by Crippen LogP contribution is -2.43. The van der Waals surface area contributed by atoms with Crippen molar-refractivity contribution in [2.24, 2.45) is 5.92 Å². The monoisotopic (exact) mass is 229 g/mol. The molecule has 0 aromatic heterocycles. The van der Waals surface area contributed by atoms with E-state index in [4.69, 9.17) is 4.43 Å². The number of rotatable bonds is 3. The molecule has 1 rings (SSSR count). The van der Waals surface area contributed by atoms with E-state index < -0.39 is 8.32 Å². The van der Waals surface area contributed by atoms with Crippen LogP contribution in [0.5, 0.6) is 0 Å². The highest BCUT2D eigenvalue weighted by molar-refractivity contribution is 6.74. The number of hydrogen-bond acceptors (Lipinski definition) is 2. The van der Waals surface area contributed by atoms with Crippen molar-refractivity contribution < 1.29 is 4.43 Å². The van der Waals surface area contributed by atoms with Crippen LogP contribution in [0.4, 0.5) is 0 Å². The van der Waals surface area contributed by atoms with Crippen LogP contribution in [-0.2, 0) is 4.43 Å². The molecule has 1 heterocycles. The average Bonchev–Trinajstić information content (AvgIpc) is 2.15. The molecule has 1 saturated heterocycles. The summed E-state index contributed by atoms with van der Waals surface area (Å²) >= 11 is 0. The van der Waals surface area contributed by atoms with Crippen molar-refractivity contribution in [3.8, 4) is 0 Å². The van der Waals surface area contributed by atoms with Gasteiger partial charge in [0.1, 0.15) is 0 Å². The Balaban J connectivity index is 2.35. The van der Waals surface area contributed by atoms with Crippen LogP contribution in [0.15, 0.2) is 0 Å². The predicted molar refractivity (Wildman–Crippen MR) is 68.7 cm³/mol. The van der Waals surface area contributed by atoms with Crippen LogP contribution in [0.25, 0.3) is 0 Å². The zero-order valence-corrected chi connectivity index (χ0v) is 12.0. The Kier molecular flexibility index (Phi) is 4.38. The molecule has 0 aromatic carbocycles. The van der Waals surface area contributed by atoms with Crippen LogP contribution < -0.4 is 5.32 Å². The molecule has 0 bridgehead atoms. The third-order valence-corrected chi connectivity index (χ3v) is 8.39. The maximum absolute atomic E-state index is 6.23. The fourth-order valence-electron chi connectivity index (χ4n) is 1.61. The van der Waals surface area contributed by atoms with Gasteiger partial charge in [0.15, 0.2) is 8.32 Å². The molecule has 0 amide bonds. The zero-order chi connectivity index (χ0) is 11.5. The van der Waals surface area contributed by atoms with Crippen molar-refractivity contribution in [3.05, 3.63) is 0 Å². The van der Waals surface area contributed by atoms with Crippen LogP contribution in [0.2, 0.25) is 18.1 Å². The summed E-state index contributed by atoms with van der Waals surface area (Å²) in [4.78, 5) is 0. The van der Waals surface area contributed by atoms with E-state index in [-0.39, 0.29) is 0 Å². The normalized spacial score (nSPS) is 24.2. The Morgan fingerprint density at radius 2 is 2.00 bits per heavy atom. The summed E-state index contributed by atoms with van der Waals surface area (Å²) in [5.74, 6) is 0.743. The molecule has 15 heavy (non-hydrogen) atoms. The minimum Gasteiger partial charge on any atom is -0.417 e. The molecule has 1 atom stereocenters. The summed E-state index contributed by atoms with van der Waals surface area (Å²) in [6.07, 6.45) is 2.65. The van der Waals surface area contributed by atoms with Gasteiger partial charge in [0, 0.05) is 13.2 Å². The second-order valence-corrected chi connectivity index (χ2v) is 11.1. The summed E-state index contributed by atoms with van der Waals surface area (Å²) < 4.78 is 6.23. The van der Waals surface area contributed by atoms with Crippen LogP contribution in [0, 0.1) is 5.92 Å². The maximum Gasteiger partial charge on any atom is 0.191 e. The highest BCUT2D eigenvalue weighted by atomic mass is 28.4. The Bertz CT molecular complexity index is 192. The Hall–Kier alpha value is 0.137. The van der Waals surface area contributed by atoms with E-state index in [0.717, 1.165) is 19.1 Å². The number of piperidine rings is 1. The van der Waals surface area contributed by atoms with Crippen molar-refractivity contribution in [2.75, 3.05) is 19.7 Å². The maximum atomic E-state index is 6.23. The first-order valence-electron chi connectivity index (χ1n) is 6.17. The summed E-state index contributed by atoms with van der Waals surface area (Å²) in [7, 11) is -1.52. The third-order valence-electron chi connectivity index (χ3n) is 3.89. The van der Waals surface area contributed by atoms with Crippen LogP contribution in [0.3, 0.4) is 0 Å². The Morgan fingerprint density at radius 3 is 2.47 bits per heavy atom. The molecule has 0 aromatic rings. The third kappa shape index (κ3) is 3.89. The summed E-state index contributed by atoms with van der Waals surface area (Å²) in [6.45, 7) is 14.9. The Morgan fingerprint density at radius 1 is 1.33 bits per heavy atom. The summed E-state index contributed by atoms with van der Waals surface area (Å²) in [5, 5.41) is 3.79. The molecule has 90 valence electrons. The molecule has 2 nitrogen and oxygen atoms in total. The predicted octanol–water partition coefficient (Wildman–Crippen LogP) is 3.01. The molecular weight excluding hydrogens is 202 g/mol. The van der Waals surface area contributed by atoms with Gasteiger partial charge in [0.05, 0.1) is 0 Å². The molecule has 0 unspecified atom stereocenters. The van der Waals surface area contributed by atoms with Gasteiger partial charge < -0.3 is 9.74 Å². The standard InChI is InChI=1S/C12H27NOSi/c1-12(2,3)15(4,5)14-10-11-7-6-8-13-9-11/h11,13H,6-10H2,1-5H3/t11-/m0/s1. The minimum atomic E-state index is -1.52. The highest BCUT2D eigenvalue weighted by Crippen LogP contribution is 2.36. The van der Waals surface area contributed by atoms with Gasteiger partial charge in [-0.3, -0.25) is 0 Å². The summed E-state index contributed by atoms with van der Waals surface area (Å²) in [6, 6.07) is 0. The largest absolute Gasteiger partial charge is 0.417 e. The SMILES string of the molecule is CC(C)(C)[Si](C)(C)OC[C@H]1CCCNC1. The first-order valence-corrected chi connectivity index (χ1v) is 9.08. The van der Waals surface area contributed by atoms with Crippen molar-refractivity contribution in [3.63, 3.8) is 0 Å². The average molecular weight is 229 g/mol. The van der Waals surface area contributed by atoms with E-state index in [1.54, 1.807) is 0 Å². The van der Waals surface area contributed by atoms with Crippen molar-refractivity contribution in [2.45, 2.75) is 51.7 Å². The highest BCUT2D eigenvalue weighted by Gasteiger charge is 2.37. The van der Waals surface area contributed by atoms with Gasteiger partial charge in [-0.2, -0.15) is 0 Å². The Labute approximate surface area is 95.9 Å². The van der Waals surface area contributed by atoms with Gasteiger partial charge >= 0.3 is 0 Å². The number of nitrogens with one attached hydrogen (secondary N) is 1. The van der Waals surface area contributed by atoms with Gasteiger partial charge in [0.25, 0.3) is 0 Å². The molecular formula is C12H27NOSi. The lowest BCUT2D eigenvalue weighted by Gasteiger charge is -2.37. The minimum absolute atomic E-state index is 0.342. The molecule has 0 aliphatic carbocycles. The first kappa shape index (κ1) is 13.2. The topological polar surface area (TPSA) is 21.3 Å². The van der Waals surface area contributed by atoms with Gasteiger partial charge in [-0.15, -0.1) is 0 Å². The molecule has 3 heteroatoms. The smallest absolute Gasteiger partial charge is 0.191 e. The first-order chi connectivity index (χ1) is 6.83. The molecule has 1 fully saturated rings. The van der Waals surface area contributed by atoms with Crippen LogP contribution in [-0.4, -0.2) is 28.0 Å². The van der Waals surface area contributed by atoms with Crippen LogP contribution >= 0.6 is 0 Å². The quantitative estimate of drug-likeness (QED) is 0.751. The lowest BCUT2D eigenvalue weighted by molar-refractivity contribution is 0.202. The molecule has 0 radical (unpaired) electrons. The van der Waals surface area contributed by atoms with E-state index in [1.165, 1.54) is 19.4 Å². The number of hydrogen-bond donors (Lipinski definition) is 1. The van der Waals surface area contributed by atoms with Gasteiger partial charge in [0.2, 0.25) is 0 Å². The van der Waals surface area contributed by atoms with Crippen LogP contribution in [0.1, 0.15) is 33.6 Å². The molecule has 0 saturated carbocycles. The second-order valence-electron chi connectivity index (χ2n) is 6.28. The van der Waals surface area contributed by atoms with E-state index in [2.05, 4.69) is 39.2 Å². The summed E-state index contributed by atoms with van der Waals surface area (Å²) in [5.41, 5.74) is 0. The van der Waals surface area contributed by atoms with Crippen molar-refractivity contribution >= 4 is 8.32 Å². The molecule has 1 N–H and O–H groups in total. The molecule has 1 aliphatic heterocycles. The van der Waals surface area contributed by atoms with E-state index in [1.807, 2.05) is 0 Å². The van der Waals surface area contributed by atoms with E-state index in [0.29, 0.717) is 5.04 Å². The van der Waals surface area contributed by atoms with Crippen molar-refractivity contribution in [1.82, 2.24) is 5.32 Å². The zero-order valence-electron chi connectivity index (χ0n) is 11.0. The van der Waals surface area contributed by atoms with Gasteiger partial charge in [-0.1, -0.05) is 20.8 Å². The van der Waals surface area contributed by atoms with Gasteiger partial charge in [-0.25, -0.2) is 0 Å². The lowest BCUT2D eigenvalue weighted by atomic mass is 10.0. The fourth-order valence-corrected chi connectivity index (χ4v) is 2.69. The van der Waals surface area contributed by atoms with E-state index >= 15 is 0 Å². The van der Waals surface area contributed by atoms with Gasteiger partial charge in [-0.05, 0) is 43.4 Å². The second kappa shape index (κ2) is 4.98. The molecule has 1 aliphatic rings. The molecule has 0 spiro atoms. The van der Waals surface area contributed by atoms with E-state index in [9.17, 15) is 0 Å². The fraction of sp³-hybridized carbons (Fsp3) is 1.00. The van der Waals surface area contributed by atoms with Crippen molar-refractivity contribution in [1.29, 1.82) is 0 Å².